The smallest absolute Gasteiger partial charge is 0.322 e. The first-order valence-electron chi connectivity index (χ1n) is 6.73. The van der Waals surface area contributed by atoms with Crippen molar-refractivity contribution >= 4 is 11.9 Å². The first-order valence-corrected chi connectivity index (χ1v) is 6.73. The van der Waals surface area contributed by atoms with E-state index < -0.39 is 6.10 Å². The third-order valence-corrected chi connectivity index (χ3v) is 2.77. The van der Waals surface area contributed by atoms with Gasteiger partial charge in [0.05, 0.1) is 13.2 Å². The van der Waals surface area contributed by atoms with Crippen molar-refractivity contribution in [1.29, 1.82) is 0 Å². The highest BCUT2D eigenvalue weighted by atomic mass is 16.5. The normalized spacial score (nSPS) is 11.8. The molecule has 2 rings (SSSR count). The Bertz CT molecular complexity index is 565. The van der Waals surface area contributed by atoms with Crippen LogP contribution in [0, 0.1) is 0 Å². The van der Waals surface area contributed by atoms with E-state index in [1.165, 1.54) is 7.11 Å². The zero-order valence-corrected chi connectivity index (χ0v) is 12.1. The van der Waals surface area contributed by atoms with E-state index in [1.54, 1.807) is 0 Å². The fourth-order valence-electron chi connectivity index (χ4n) is 1.75. The Kier molecular flexibility index (Phi) is 5.28. The fourth-order valence-corrected chi connectivity index (χ4v) is 1.75. The molecule has 7 nitrogen and oxygen atoms in total. The van der Waals surface area contributed by atoms with Gasteiger partial charge >= 0.3 is 6.01 Å². The molecule has 0 aliphatic carbocycles. The topological polar surface area (TPSA) is 92.2 Å². The van der Waals surface area contributed by atoms with E-state index >= 15 is 0 Å². The van der Waals surface area contributed by atoms with Gasteiger partial charge in [0.2, 0.25) is 11.9 Å². The van der Waals surface area contributed by atoms with Gasteiger partial charge < -0.3 is 20.5 Å². The summed E-state index contributed by atoms with van der Waals surface area (Å²) >= 11 is 0. The summed E-state index contributed by atoms with van der Waals surface area (Å²) in [6, 6.07) is 9.62. The van der Waals surface area contributed by atoms with Gasteiger partial charge in [0.1, 0.15) is 0 Å². The van der Waals surface area contributed by atoms with E-state index in [4.69, 9.17) is 4.74 Å². The highest BCUT2D eigenvalue weighted by molar-refractivity contribution is 5.36. The molecule has 0 saturated heterocycles. The molecular formula is C14H19N5O2. The van der Waals surface area contributed by atoms with Crippen molar-refractivity contribution in [3.8, 4) is 6.01 Å². The van der Waals surface area contributed by atoms with Crippen LogP contribution in [0.5, 0.6) is 6.01 Å². The molecule has 0 saturated carbocycles. The van der Waals surface area contributed by atoms with Crippen LogP contribution in [0.15, 0.2) is 30.3 Å². The second kappa shape index (κ2) is 7.39. The Hall–Kier alpha value is -2.41. The minimum absolute atomic E-state index is 0.220. The van der Waals surface area contributed by atoms with Crippen LogP contribution in [0.25, 0.3) is 0 Å². The van der Waals surface area contributed by atoms with E-state index in [-0.39, 0.29) is 6.01 Å². The first-order chi connectivity index (χ1) is 10.2. The fraction of sp³-hybridized carbons (Fsp3) is 0.357. The molecule has 0 spiro atoms. The Morgan fingerprint density at radius 3 is 2.38 bits per heavy atom. The van der Waals surface area contributed by atoms with Gasteiger partial charge in [-0.2, -0.15) is 15.0 Å². The summed E-state index contributed by atoms with van der Waals surface area (Å²) < 4.78 is 5.03. The Balaban J connectivity index is 2.03. The van der Waals surface area contributed by atoms with Crippen LogP contribution in [0.3, 0.4) is 0 Å². The van der Waals surface area contributed by atoms with Crippen LogP contribution in [-0.4, -0.2) is 40.3 Å². The number of aliphatic hydroxyl groups is 1. The maximum atomic E-state index is 10.1. The number of nitrogens with one attached hydrogen (secondary N) is 2. The van der Waals surface area contributed by atoms with Crippen LogP contribution >= 0.6 is 0 Å². The molecule has 1 unspecified atom stereocenters. The molecule has 0 radical (unpaired) electrons. The van der Waals surface area contributed by atoms with Gasteiger partial charge in [-0.15, -0.1) is 0 Å². The van der Waals surface area contributed by atoms with Gasteiger partial charge in [-0.1, -0.05) is 30.3 Å². The molecule has 7 heteroatoms. The van der Waals surface area contributed by atoms with Crippen LogP contribution < -0.4 is 15.4 Å². The van der Waals surface area contributed by atoms with Crippen molar-refractivity contribution in [2.75, 3.05) is 30.8 Å². The Labute approximate surface area is 123 Å². The highest BCUT2D eigenvalue weighted by Gasteiger charge is 2.10. The predicted molar refractivity (Wildman–Crippen MR) is 80.4 cm³/mol. The summed E-state index contributed by atoms with van der Waals surface area (Å²) in [6.45, 7) is 2.94. The summed E-state index contributed by atoms with van der Waals surface area (Å²) in [5, 5.41) is 16.1. The molecule has 3 N–H and O–H groups in total. The van der Waals surface area contributed by atoms with E-state index in [0.717, 1.165) is 5.56 Å². The molecule has 112 valence electrons. The molecule has 1 aromatic carbocycles. The maximum Gasteiger partial charge on any atom is 0.322 e. The monoisotopic (exact) mass is 289 g/mol. The van der Waals surface area contributed by atoms with Crippen LogP contribution in [0.4, 0.5) is 11.9 Å². The quantitative estimate of drug-likeness (QED) is 0.710. The van der Waals surface area contributed by atoms with Crippen molar-refractivity contribution in [3.63, 3.8) is 0 Å². The molecule has 0 aliphatic rings. The molecule has 21 heavy (non-hydrogen) atoms. The minimum atomic E-state index is -0.642. The number of hydrogen-bond donors (Lipinski definition) is 3. The Morgan fingerprint density at radius 1 is 1.10 bits per heavy atom. The number of anilines is 2. The summed E-state index contributed by atoms with van der Waals surface area (Å²) in [5.74, 6) is 0.786. The van der Waals surface area contributed by atoms with Crippen molar-refractivity contribution < 1.29 is 9.84 Å². The first kappa shape index (κ1) is 15.0. The molecule has 1 atom stereocenters. The van der Waals surface area contributed by atoms with Gasteiger partial charge in [-0.05, 0) is 12.5 Å². The van der Waals surface area contributed by atoms with Gasteiger partial charge in [0.15, 0.2) is 0 Å². The average Bonchev–Trinajstić information content (AvgIpc) is 2.53. The lowest BCUT2D eigenvalue weighted by molar-refractivity contribution is 0.191. The number of methoxy groups -OCH3 is 1. The lowest BCUT2D eigenvalue weighted by Crippen LogP contribution is -2.15. The van der Waals surface area contributed by atoms with Gasteiger partial charge in [-0.3, -0.25) is 0 Å². The van der Waals surface area contributed by atoms with Crippen LogP contribution in [0.1, 0.15) is 18.6 Å². The van der Waals surface area contributed by atoms with E-state index in [9.17, 15) is 5.11 Å². The third-order valence-electron chi connectivity index (χ3n) is 2.77. The standard InChI is InChI=1S/C14H19N5O2/c1-3-15-12-17-13(19-14(18-12)21-2)16-9-11(20)10-7-5-4-6-8-10/h4-8,11,20H,3,9H2,1-2H3,(H2,15,16,17,18,19). The van der Waals surface area contributed by atoms with E-state index in [1.807, 2.05) is 37.3 Å². The van der Waals surface area contributed by atoms with E-state index in [2.05, 4.69) is 25.6 Å². The number of ether oxygens (including phenoxy) is 1. The predicted octanol–water partition coefficient (Wildman–Crippen LogP) is 1.46. The number of aromatic nitrogens is 3. The zero-order chi connectivity index (χ0) is 15.1. The molecule has 1 aromatic heterocycles. The molecule has 0 aliphatic heterocycles. The van der Waals surface area contributed by atoms with Crippen molar-refractivity contribution in [2.45, 2.75) is 13.0 Å². The summed E-state index contributed by atoms with van der Waals surface area (Å²) in [5.41, 5.74) is 0.831. The Morgan fingerprint density at radius 2 is 1.76 bits per heavy atom. The lowest BCUT2D eigenvalue weighted by atomic mass is 10.1. The molecule has 2 aromatic rings. The van der Waals surface area contributed by atoms with Crippen LogP contribution in [0.2, 0.25) is 0 Å². The van der Waals surface area contributed by atoms with Gasteiger partial charge in [0.25, 0.3) is 0 Å². The lowest BCUT2D eigenvalue weighted by Gasteiger charge is -2.13. The van der Waals surface area contributed by atoms with Gasteiger partial charge in [-0.25, -0.2) is 0 Å². The molecule has 0 amide bonds. The summed E-state index contributed by atoms with van der Waals surface area (Å²) in [6.07, 6.45) is -0.642. The number of hydrogen-bond acceptors (Lipinski definition) is 7. The number of benzene rings is 1. The summed E-state index contributed by atoms with van der Waals surface area (Å²) in [7, 11) is 1.49. The van der Waals surface area contributed by atoms with Crippen molar-refractivity contribution in [2.24, 2.45) is 0 Å². The highest BCUT2D eigenvalue weighted by Crippen LogP contribution is 2.14. The van der Waals surface area contributed by atoms with Crippen molar-refractivity contribution in [1.82, 2.24) is 15.0 Å². The molecule has 1 heterocycles. The second-order valence-corrected chi connectivity index (χ2v) is 4.31. The van der Waals surface area contributed by atoms with E-state index in [0.29, 0.717) is 25.0 Å². The zero-order valence-electron chi connectivity index (χ0n) is 12.1. The molecular weight excluding hydrogens is 270 g/mol. The number of nitrogens with zero attached hydrogens (tertiary/aromatic N) is 3. The summed E-state index contributed by atoms with van der Waals surface area (Å²) in [4.78, 5) is 12.4. The van der Waals surface area contributed by atoms with Gasteiger partial charge in [0, 0.05) is 13.1 Å². The molecule has 0 fully saturated rings. The second-order valence-electron chi connectivity index (χ2n) is 4.31. The number of rotatable bonds is 7. The van der Waals surface area contributed by atoms with Crippen LogP contribution in [-0.2, 0) is 0 Å². The molecule has 0 bridgehead atoms. The number of aliphatic hydroxyl groups excluding tert-OH is 1. The maximum absolute atomic E-state index is 10.1. The largest absolute Gasteiger partial charge is 0.467 e. The SMILES string of the molecule is CCNc1nc(NCC(O)c2ccccc2)nc(OC)n1. The van der Waals surface area contributed by atoms with Crippen molar-refractivity contribution in [3.05, 3.63) is 35.9 Å². The minimum Gasteiger partial charge on any atom is -0.467 e. The third kappa shape index (κ3) is 4.28. The average molecular weight is 289 g/mol.